The molecule has 1 aliphatic heterocycles. The number of amides is 1. The molecule has 0 bridgehead atoms. The van der Waals surface area contributed by atoms with Crippen LogP contribution < -0.4 is 5.32 Å². The lowest BCUT2D eigenvalue weighted by molar-refractivity contribution is -0.131. The molecule has 1 rings (SSSR count). The number of carbonyl (C=O) groups is 1. The van der Waals surface area contributed by atoms with Crippen molar-refractivity contribution in [1.82, 2.24) is 10.2 Å². The molecular formula is C10H21ClN2O. The molecule has 1 aliphatic rings. The predicted octanol–water partition coefficient (Wildman–Crippen LogP) is 1.28. The predicted molar refractivity (Wildman–Crippen MR) is 60.8 cm³/mol. The van der Waals surface area contributed by atoms with E-state index in [4.69, 9.17) is 0 Å². The first-order valence-corrected chi connectivity index (χ1v) is 5.18. The molecule has 1 heterocycles. The van der Waals surface area contributed by atoms with Gasteiger partial charge in [0.1, 0.15) is 0 Å². The minimum Gasteiger partial charge on any atom is -0.341 e. The number of carbonyl (C=O) groups excluding carboxylic acids is 1. The van der Waals surface area contributed by atoms with Crippen LogP contribution in [0, 0.1) is 5.92 Å². The lowest BCUT2D eigenvalue weighted by atomic mass is 10.1. The molecule has 1 amide bonds. The van der Waals surface area contributed by atoms with Gasteiger partial charge in [0.2, 0.25) is 5.91 Å². The summed E-state index contributed by atoms with van der Waals surface area (Å²) < 4.78 is 0. The van der Waals surface area contributed by atoms with Gasteiger partial charge in [-0.2, -0.15) is 0 Å². The van der Waals surface area contributed by atoms with Crippen molar-refractivity contribution in [3.63, 3.8) is 0 Å². The lowest BCUT2D eigenvalue weighted by Gasteiger charge is -2.20. The highest BCUT2D eigenvalue weighted by atomic mass is 35.5. The maximum absolute atomic E-state index is 11.7. The molecule has 4 heteroatoms. The Morgan fingerprint density at radius 3 is 2.71 bits per heavy atom. The minimum absolute atomic E-state index is 0. The third kappa shape index (κ3) is 4.82. The van der Waals surface area contributed by atoms with Gasteiger partial charge in [-0.1, -0.05) is 13.8 Å². The van der Waals surface area contributed by atoms with Gasteiger partial charge in [-0.25, -0.2) is 0 Å². The monoisotopic (exact) mass is 220 g/mol. The van der Waals surface area contributed by atoms with E-state index < -0.39 is 0 Å². The first-order chi connectivity index (χ1) is 6.20. The second-order valence-corrected chi connectivity index (χ2v) is 4.08. The molecule has 0 atom stereocenters. The van der Waals surface area contributed by atoms with E-state index in [2.05, 4.69) is 19.2 Å². The molecule has 0 unspecified atom stereocenters. The quantitative estimate of drug-likeness (QED) is 0.761. The highest BCUT2D eigenvalue weighted by Crippen LogP contribution is 2.05. The van der Waals surface area contributed by atoms with Crippen molar-refractivity contribution in [3.8, 4) is 0 Å². The summed E-state index contributed by atoms with van der Waals surface area (Å²) in [5.74, 6) is 0.794. The summed E-state index contributed by atoms with van der Waals surface area (Å²) in [4.78, 5) is 13.6. The summed E-state index contributed by atoms with van der Waals surface area (Å²) in [5, 5.41) is 3.29. The fourth-order valence-corrected chi connectivity index (χ4v) is 1.57. The molecule has 0 aromatic carbocycles. The van der Waals surface area contributed by atoms with E-state index in [0.29, 0.717) is 18.2 Å². The molecule has 0 spiro atoms. The molecule has 0 aromatic rings. The number of nitrogens with one attached hydrogen (secondary N) is 1. The van der Waals surface area contributed by atoms with Crippen molar-refractivity contribution in [3.05, 3.63) is 0 Å². The Bertz CT molecular complexity index is 166. The van der Waals surface area contributed by atoms with Gasteiger partial charge < -0.3 is 10.2 Å². The zero-order chi connectivity index (χ0) is 9.68. The van der Waals surface area contributed by atoms with Crippen LogP contribution >= 0.6 is 12.4 Å². The molecule has 14 heavy (non-hydrogen) atoms. The molecular weight excluding hydrogens is 200 g/mol. The molecule has 0 radical (unpaired) electrons. The van der Waals surface area contributed by atoms with Gasteiger partial charge in [-0.15, -0.1) is 12.4 Å². The van der Waals surface area contributed by atoms with Crippen molar-refractivity contribution in [2.24, 2.45) is 5.92 Å². The van der Waals surface area contributed by atoms with Crippen LogP contribution in [0.1, 0.15) is 26.7 Å². The largest absolute Gasteiger partial charge is 0.341 e. The maximum Gasteiger partial charge on any atom is 0.222 e. The average Bonchev–Trinajstić information content (AvgIpc) is 2.29. The van der Waals surface area contributed by atoms with Crippen LogP contribution in [0.4, 0.5) is 0 Å². The first-order valence-electron chi connectivity index (χ1n) is 5.18. The summed E-state index contributed by atoms with van der Waals surface area (Å²) in [7, 11) is 0. The van der Waals surface area contributed by atoms with E-state index in [1.54, 1.807) is 0 Å². The Labute approximate surface area is 92.6 Å². The van der Waals surface area contributed by atoms with Gasteiger partial charge in [-0.05, 0) is 18.9 Å². The fraction of sp³-hybridized carbons (Fsp3) is 0.900. The van der Waals surface area contributed by atoms with Crippen molar-refractivity contribution in [2.75, 3.05) is 26.2 Å². The zero-order valence-electron chi connectivity index (χ0n) is 9.08. The number of hydrogen-bond acceptors (Lipinski definition) is 2. The van der Waals surface area contributed by atoms with Crippen molar-refractivity contribution in [1.29, 1.82) is 0 Å². The Morgan fingerprint density at radius 1 is 1.36 bits per heavy atom. The third-order valence-corrected chi connectivity index (χ3v) is 2.28. The van der Waals surface area contributed by atoms with Crippen molar-refractivity contribution in [2.45, 2.75) is 26.7 Å². The van der Waals surface area contributed by atoms with E-state index in [9.17, 15) is 4.79 Å². The summed E-state index contributed by atoms with van der Waals surface area (Å²) in [5.41, 5.74) is 0. The zero-order valence-corrected chi connectivity index (χ0v) is 9.90. The van der Waals surface area contributed by atoms with Gasteiger partial charge in [0.15, 0.2) is 0 Å². The SMILES string of the molecule is CC(C)CC(=O)N1CCCNCC1.Cl. The summed E-state index contributed by atoms with van der Waals surface area (Å²) in [6.07, 6.45) is 1.78. The van der Waals surface area contributed by atoms with Gasteiger partial charge in [-0.3, -0.25) is 4.79 Å². The average molecular weight is 221 g/mol. The van der Waals surface area contributed by atoms with Gasteiger partial charge in [0.05, 0.1) is 0 Å². The molecule has 0 saturated carbocycles. The Morgan fingerprint density at radius 2 is 2.07 bits per heavy atom. The van der Waals surface area contributed by atoms with Crippen molar-refractivity contribution >= 4 is 18.3 Å². The first kappa shape index (κ1) is 13.7. The van der Waals surface area contributed by atoms with E-state index in [1.165, 1.54) is 0 Å². The van der Waals surface area contributed by atoms with Crippen LogP contribution in [-0.4, -0.2) is 37.0 Å². The highest BCUT2D eigenvalue weighted by molar-refractivity contribution is 5.85. The lowest BCUT2D eigenvalue weighted by Crippen LogP contribution is -2.34. The maximum atomic E-state index is 11.7. The second kappa shape index (κ2) is 7.07. The van der Waals surface area contributed by atoms with E-state index >= 15 is 0 Å². The van der Waals surface area contributed by atoms with Crippen LogP contribution in [0.5, 0.6) is 0 Å². The molecule has 1 N–H and O–H groups in total. The number of halogens is 1. The van der Waals surface area contributed by atoms with E-state index in [-0.39, 0.29) is 12.4 Å². The van der Waals surface area contributed by atoms with Crippen LogP contribution in [0.2, 0.25) is 0 Å². The Kier molecular flexibility index (Phi) is 6.93. The van der Waals surface area contributed by atoms with E-state index in [0.717, 1.165) is 32.6 Å². The molecule has 1 saturated heterocycles. The minimum atomic E-state index is 0. The smallest absolute Gasteiger partial charge is 0.222 e. The van der Waals surface area contributed by atoms with Gasteiger partial charge in [0, 0.05) is 26.1 Å². The van der Waals surface area contributed by atoms with Crippen LogP contribution in [-0.2, 0) is 4.79 Å². The van der Waals surface area contributed by atoms with Crippen LogP contribution in [0.15, 0.2) is 0 Å². The fourth-order valence-electron chi connectivity index (χ4n) is 1.57. The van der Waals surface area contributed by atoms with Gasteiger partial charge in [0.25, 0.3) is 0 Å². The summed E-state index contributed by atoms with van der Waals surface area (Å²) in [6.45, 7) is 7.99. The van der Waals surface area contributed by atoms with Crippen LogP contribution in [0.3, 0.4) is 0 Å². The molecule has 3 nitrogen and oxygen atoms in total. The van der Waals surface area contributed by atoms with Crippen LogP contribution in [0.25, 0.3) is 0 Å². The van der Waals surface area contributed by atoms with E-state index in [1.807, 2.05) is 4.90 Å². The normalized spacial score (nSPS) is 17.5. The van der Waals surface area contributed by atoms with Crippen molar-refractivity contribution < 1.29 is 4.79 Å². The molecule has 1 fully saturated rings. The summed E-state index contributed by atoms with van der Waals surface area (Å²) in [6, 6.07) is 0. The number of nitrogens with zero attached hydrogens (tertiary/aromatic N) is 1. The standard InChI is InChI=1S/C10H20N2O.ClH/c1-9(2)8-10(13)12-6-3-4-11-5-7-12;/h9,11H,3-8H2,1-2H3;1H. The summed E-state index contributed by atoms with van der Waals surface area (Å²) >= 11 is 0. The molecule has 0 aromatic heterocycles. The third-order valence-electron chi connectivity index (χ3n) is 2.28. The Hall–Kier alpha value is -0.280. The molecule has 0 aliphatic carbocycles. The molecule has 84 valence electrons. The number of rotatable bonds is 2. The Balaban J connectivity index is 0.00000169. The number of hydrogen-bond donors (Lipinski definition) is 1. The van der Waals surface area contributed by atoms with Gasteiger partial charge >= 0.3 is 0 Å². The highest BCUT2D eigenvalue weighted by Gasteiger charge is 2.15. The topological polar surface area (TPSA) is 32.3 Å². The second-order valence-electron chi connectivity index (χ2n) is 4.08.